The first-order valence-corrected chi connectivity index (χ1v) is 13.4. The van der Waals surface area contributed by atoms with Crippen LogP contribution in [-0.2, 0) is 26.4 Å². The first-order chi connectivity index (χ1) is 16.8. The number of aryl methyl sites for hydroxylation is 3. The molecule has 4 heterocycles. The molecule has 3 aromatic heterocycles. The predicted octanol–water partition coefficient (Wildman–Crippen LogP) is 3.85. The van der Waals surface area contributed by atoms with E-state index in [1.54, 1.807) is 11.3 Å². The zero-order valence-electron chi connectivity index (χ0n) is 20.4. The van der Waals surface area contributed by atoms with Gasteiger partial charge in [-0.1, -0.05) is 6.42 Å². The van der Waals surface area contributed by atoms with Crippen molar-refractivity contribution in [1.29, 1.82) is 0 Å². The van der Waals surface area contributed by atoms with Gasteiger partial charge in [-0.3, -0.25) is 14.7 Å². The van der Waals surface area contributed by atoms with Gasteiger partial charge in [-0.2, -0.15) is 0 Å². The van der Waals surface area contributed by atoms with Crippen LogP contribution in [0.2, 0.25) is 0 Å². The number of fused-ring (bicyclic) bond motifs is 4. The van der Waals surface area contributed by atoms with Crippen molar-refractivity contribution in [3.8, 4) is 5.69 Å². The lowest BCUT2D eigenvalue weighted by Crippen LogP contribution is -2.41. The number of thiophene rings is 1. The summed E-state index contributed by atoms with van der Waals surface area (Å²) in [5.74, 6) is 0. The number of hydrogen-bond donors (Lipinski definition) is 2. The standard InChI is InChI=1S/C27H32N4O3S/c1-27(34)10-12-30(13-11-27)16-17-15-29(2)21-9-8-18(14-20(17)21)31-25(32)23-19-6-4-3-5-7-22(19)35-24(23)28-26(31)33/h8-9,14-15,34H,3-7,10-13,16H2,1-2H3,(H,28,33). The number of benzene rings is 1. The maximum absolute atomic E-state index is 13.7. The van der Waals surface area contributed by atoms with E-state index in [0.29, 0.717) is 15.9 Å². The Bertz CT molecular complexity index is 1540. The van der Waals surface area contributed by atoms with Crippen LogP contribution in [0.3, 0.4) is 0 Å². The van der Waals surface area contributed by atoms with Crippen molar-refractivity contribution in [3.63, 3.8) is 0 Å². The zero-order chi connectivity index (χ0) is 24.3. The Labute approximate surface area is 207 Å². The minimum Gasteiger partial charge on any atom is -0.390 e. The second-order valence-electron chi connectivity index (χ2n) is 10.6. The molecule has 1 saturated heterocycles. The van der Waals surface area contributed by atoms with Gasteiger partial charge in [0.15, 0.2) is 0 Å². The van der Waals surface area contributed by atoms with Gasteiger partial charge in [-0.05, 0) is 74.8 Å². The number of piperidine rings is 1. The van der Waals surface area contributed by atoms with Crippen LogP contribution in [-0.4, -0.2) is 42.8 Å². The highest BCUT2D eigenvalue weighted by Gasteiger charge is 2.28. The maximum atomic E-state index is 13.7. The molecule has 0 atom stereocenters. The number of aromatic nitrogens is 3. The third-order valence-corrected chi connectivity index (χ3v) is 9.11. The SMILES string of the molecule is Cn1cc(CN2CCC(C)(O)CC2)c2cc(-n3c(=O)[nH]c4sc5c(c4c3=O)CCCCC5)ccc21. The summed E-state index contributed by atoms with van der Waals surface area (Å²) in [7, 11) is 2.03. The van der Waals surface area contributed by atoms with Crippen LogP contribution in [0.15, 0.2) is 34.0 Å². The van der Waals surface area contributed by atoms with Crippen molar-refractivity contribution in [3.05, 3.63) is 61.2 Å². The number of aliphatic hydroxyl groups is 1. The molecule has 184 valence electrons. The van der Waals surface area contributed by atoms with Crippen molar-refractivity contribution in [2.24, 2.45) is 7.05 Å². The largest absolute Gasteiger partial charge is 0.390 e. The Kier molecular flexibility index (Phi) is 5.51. The van der Waals surface area contributed by atoms with Crippen LogP contribution in [0, 0.1) is 0 Å². The van der Waals surface area contributed by atoms with Crippen LogP contribution >= 0.6 is 11.3 Å². The number of nitrogens with one attached hydrogen (secondary N) is 1. The van der Waals surface area contributed by atoms with Gasteiger partial charge < -0.3 is 9.67 Å². The van der Waals surface area contributed by atoms with Gasteiger partial charge in [0.1, 0.15) is 4.83 Å². The molecular formula is C27H32N4O3S. The van der Waals surface area contributed by atoms with Crippen molar-refractivity contribution in [2.45, 2.75) is 64.0 Å². The number of likely N-dealkylation sites (tertiary alicyclic amines) is 1. The molecule has 1 fully saturated rings. The van der Waals surface area contributed by atoms with E-state index in [2.05, 4.69) is 20.6 Å². The van der Waals surface area contributed by atoms with Crippen molar-refractivity contribution >= 4 is 32.5 Å². The van der Waals surface area contributed by atoms with E-state index in [-0.39, 0.29) is 11.2 Å². The number of rotatable bonds is 3. The van der Waals surface area contributed by atoms with E-state index in [0.717, 1.165) is 74.6 Å². The average Bonchev–Trinajstić information content (AvgIpc) is 3.21. The lowest BCUT2D eigenvalue weighted by molar-refractivity contribution is -0.00721. The minimum atomic E-state index is -0.580. The summed E-state index contributed by atoms with van der Waals surface area (Å²) in [6, 6.07) is 5.86. The summed E-state index contributed by atoms with van der Waals surface area (Å²) in [5.41, 5.74) is 2.81. The molecular weight excluding hydrogens is 460 g/mol. The topological polar surface area (TPSA) is 83.3 Å². The number of H-pyrrole nitrogens is 1. The Morgan fingerprint density at radius 2 is 1.89 bits per heavy atom. The van der Waals surface area contributed by atoms with Gasteiger partial charge >= 0.3 is 5.69 Å². The average molecular weight is 493 g/mol. The van der Waals surface area contributed by atoms with E-state index in [4.69, 9.17) is 0 Å². The Morgan fingerprint density at radius 3 is 2.69 bits per heavy atom. The van der Waals surface area contributed by atoms with Gasteiger partial charge in [0.05, 0.1) is 16.7 Å². The van der Waals surface area contributed by atoms with Gasteiger partial charge in [-0.15, -0.1) is 11.3 Å². The molecule has 7 nitrogen and oxygen atoms in total. The fourth-order valence-electron chi connectivity index (χ4n) is 5.81. The summed E-state index contributed by atoms with van der Waals surface area (Å²) in [4.78, 5) is 34.2. The van der Waals surface area contributed by atoms with Gasteiger partial charge in [0.2, 0.25) is 0 Å². The lowest BCUT2D eigenvalue weighted by Gasteiger charge is -2.35. The van der Waals surface area contributed by atoms with Crippen molar-refractivity contribution in [1.82, 2.24) is 19.0 Å². The van der Waals surface area contributed by atoms with E-state index < -0.39 is 5.60 Å². The second kappa shape index (κ2) is 8.47. The predicted molar refractivity (Wildman–Crippen MR) is 141 cm³/mol. The lowest BCUT2D eigenvalue weighted by atomic mass is 9.93. The van der Waals surface area contributed by atoms with E-state index >= 15 is 0 Å². The maximum Gasteiger partial charge on any atom is 0.334 e. The zero-order valence-corrected chi connectivity index (χ0v) is 21.2. The van der Waals surface area contributed by atoms with Crippen LogP contribution in [0.25, 0.3) is 26.8 Å². The van der Waals surface area contributed by atoms with Crippen LogP contribution in [0.5, 0.6) is 0 Å². The van der Waals surface area contributed by atoms with Gasteiger partial charge in [-0.25, -0.2) is 9.36 Å². The molecule has 0 radical (unpaired) electrons. The fourth-order valence-corrected chi connectivity index (χ4v) is 7.08. The normalized spacial score (nSPS) is 18.7. The van der Waals surface area contributed by atoms with Crippen LogP contribution < -0.4 is 11.2 Å². The van der Waals surface area contributed by atoms with Gasteiger partial charge in [0, 0.05) is 48.7 Å². The molecule has 4 aromatic rings. The molecule has 0 saturated carbocycles. The highest BCUT2D eigenvalue weighted by Crippen LogP contribution is 2.33. The Hall–Kier alpha value is -2.68. The third kappa shape index (κ3) is 3.97. The van der Waals surface area contributed by atoms with E-state index in [9.17, 15) is 14.7 Å². The minimum absolute atomic E-state index is 0.210. The molecule has 1 aliphatic carbocycles. The molecule has 6 rings (SSSR count). The monoisotopic (exact) mass is 492 g/mol. The van der Waals surface area contributed by atoms with Crippen molar-refractivity contribution in [2.75, 3.05) is 13.1 Å². The molecule has 1 aliphatic heterocycles. The molecule has 0 unspecified atom stereocenters. The van der Waals surface area contributed by atoms with E-state index in [1.807, 2.05) is 32.2 Å². The fraction of sp³-hybridized carbons (Fsp3) is 0.481. The summed E-state index contributed by atoms with van der Waals surface area (Å²) >= 11 is 1.58. The van der Waals surface area contributed by atoms with Gasteiger partial charge in [0.25, 0.3) is 5.56 Å². The first-order valence-electron chi connectivity index (χ1n) is 12.6. The van der Waals surface area contributed by atoms with Crippen molar-refractivity contribution < 1.29 is 5.11 Å². The molecule has 0 spiro atoms. The molecule has 2 N–H and O–H groups in total. The summed E-state index contributed by atoms with van der Waals surface area (Å²) in [6.45, 7) is 4.39. The Morgan fingerprint density at radius 1 is 1.11 bits per heavy atom. The number of aromatic amines is 1. The summed E-state index contributed by atoms with van der Waals surface area (Å²) in [5, 5.41) is 12.1. The smallest absolute Gasteiger partial charge is 0.334 e. The molecule has 0 bridgehead atoms. The highest BCUT2D eigenvalue weighted by atomic mass is 32.1. The molecule has 2 aliphatic rings. The summed E-state index contributed by atoms with van der Waals surface area (Å²) < 4.78 is 3.41. The highest BCUT2D eigenvalue weighted by molar-refractivity contribution is 7.18. The molecule has 8 heteroatoms. The van der Waals surface area contributed by atoms with Crippen LogP contribution in [0.1, 0.15) is 55.0 Å². The molecule has 0 amide bonds. The third-order valence-electron chi connectivity index (χ3n) is 7.90. The number of nitrogens with zero attached hydrogens (tertiary/aromatic N) is 3. The first kappa shape index (κ1) is 22.8. The number of hydrogen-bond acceptors (Lipinski definition) is 5. The quantitative estimate of drug-likeness (QED) is 0.426. The molecule has 1 aromatic carbocycles. The Balaban J connectivity index is 1.44. The summed E-state index contributed by atoms with van der Waals surface area (Å²) in [6.07, 6.45) is 8.96. The van der Waals surface area contributed by atoms with E-state index in [1.165, 1.54) is 21.4 Å². The van der Waals surface area contributed by atoms with Crippen LogP contribution in [0.4, 0.5) is 0 Å². The molecule has 35 heavy (non-hydrogen) atoms. The second-order valence-corrected chi connectivity index (χ2v) is 11.7.